The minimum absolute atomic E-state index is 0.00385. The Morgan fingerprint density at radius 2 is 1.69 bits per heavy atom. The Bertz CT molecular complexity index is 2780. The lowest BCUT2D eigenvalue weighted by Gasteiger charge is -2.36. The van der Waals surface area contributed by atoms with Crippen molar-refractivity contribution in [1.29, 1.82) is 5.26 Å². The highest BCUT2D eigenvalue weighted by Gasteiger charge is 2.47. The molecule has 0 aliphatic carbocycles. The van der Waals surface area contributed by atoms with E-state index < -0.39 is 29.7 Å². The second kappa shape index (κ2) is 17.4. The van der Waals surface area contributed by atoms with Gasteiger partial charge in [0.05, 0.1) is 23.9 Å². The molecule has 1 atom stereocenters. The Labute approximate surface area is 367 Å². The second-order valence-electron chi connectivity index (χ2n) is 16.6. The normalized spacial score (nSPS) is 16.8. The first-order valence-electron chi connectivity index (χ1n) is 20.6. The maximum atomic E-state index is 13.6. The third-order valence-electron chi connectivity index (χ3n) is 11.0. The van der Waals surface area contributed by atoms with Gasteiger partial charge in [-0.05, 0) is 60.4 Å². The molecule has 3 N–H and O–H groups in total. The summed E-state index contributed by atoms with van der Waals surface area (Å²) in [6, 6.07) is 21.7. The number of nitriles is 1. The Morgan fingerprint density at radius 1 is 0.938 bits per heavy atom. The number of nitrogens with zero attached hydrogens (tertiary/aromatic N) is 7. The lowest BCUT2D eigenvalue weighted by Crippen LogP contribution is -2.54. The highest BCUT2D eigenvalue weighted by Crippen LogP contribution is 2.34. The molecule has 2 aromatic heterocycles. The van der Waals surface area contributed by atoms with Gasteiger partial charge in [0, 0.05) is 74.5 Å². The first-order valence-corrected chi connectivity index (χ1v) is 20.6. The summed E-state index contributed by atoms with van der Waals surface area (Å²) < 4.78 is 11.8. The van der Waals surface area contributed by atoms with Crippen LogP contribution in [-0.4, -0.2) is 106 Å². The average molecular weight is 865 g/mol. The van der Waals surface area contributed by atoms with Gasteiger partial charge in [-0.1, -0.05) is 39.0 Å². The topological polar surface area (TPSA) is 223 Å². The van der Waals surface area contributed by atoms with Gasteiger partial charge < -0.3 is 34.9 Å². The zero-order chi connectivity index (χ0) is 45.3. The van der Waals surface area contributed by atoms with Crippen molar-refractivity contribution in [3.8, 4) is 17.7 Å². The van der Waals surface area contributed by atoms with Gasteiger partial charge in [-0.25, -0.2) is 4.98 Å². The number of furan rings is 1. The van der Waals surface area contributed by atoms with Crippen molar-refractivity contribution in [2.75, 3.05) is 60.6 Å². The number of carbonyl (C=O) groups excluding carboxylic acids is 6. The summed E-state index contributed by atoms with van der Waals surface area (Å²) in [5.41, 5.74) is 3.12. The zero-order valence-corrected chi connectivity index (χ0v) is 35.5. The van der Waals surface area contributed by atoms with E-state index in [2.05, 4.69) is 30.8 Å². The van der Waals surface area contributed by atoms with Crippen LogP contribution in [0.4, 0.5) is 28.7 Å². The number of imide groups is 2. The highest BCUT2D eigenvalue weighted by atomic mass is 16.5. The number of piperazine rings is 1. The van der Waals surface area contributed by atoms with Crippen molar-refractivity contribution in [2.45, 2.75) is 39.7 Å². The number of ether oxygens (including phenoxy) is 1. The number of aromatic nitrogens is 2. The van der Waals surface area contributed by atoms with E-state index in [0.717, 1.165) is 15.5 Å². The quantitative estimate of drug-likeness (QED) is 0.0824. The molecule has 0 saturated carbocycles. The fraction of sp³-hybridized carbons (Fsp3) is 0.283. The number of rotatable bonds is 11. The van der Waals surface area contributed by atoms with E-state index in [9.17, 15) is 34.0 Å². The highest BCUT2D eigenvalue weighted by molar-refractivity contribution is 6.25. The Morgan fingerprint density at radius 3 is 2.42 bits per heavy atom. The average Bonchev–Trinajstić information content (AvgIpc) is 3.86. The number of likely N-dealkylation sites (tertiary alicyclic amines) is 1. The molecular formula is C46H44N10O8. The summed E-state index contributed by atoms with van der Waals surface area (Å²) in [4.78, 5) is 92.8. The molecule has 18 heteroatoms. The van der Waals surface area contributed by atoms with Gasteiger partial charge in [0.1, 0.15) is 29.0 Å². The molecule has 64 heavy (non-hydrogen) atoms. The maximum absolute atomic E-state index is 13.6. The van der Waals surface area contributed by atoms with Crippen LogP contribution in [0.3, 0.4) is 0 Å². The van der Waals surface area contributed by atoms with Gasteiger partial charge in [-0.2, -0.15) is 10.2 Å². The number of benzene rings is 3. The van der Waals surface area contributed by atoms with E-state index in [1.807, 2.05) is 51.1 Å². The summed E-state index contributed by atoms with van der Waals surface area (Å²) >= 11 is 0. The van der Waals surface area contributed by atoms with Crippen LogP contribution in [0.25, 0.3) is 11.1 Å². The van der Waals surface area contributed by atoms with Gasteiger partial charge in [0.15, 0.2) is 0 Å². The fourth-order valence-corrected chi connectivity index (χ4v) is 7.74. The minimum atomic E-state index is -1.07. The van der Waals surface area contributed by atoms with Gasteiger partial charge in [0.25, 0.3) is 29.5 Å². The van der Waals surface area contributed by atoms with E-state index in [4.69, 9.17) is 9.15 Å². The Hall–Kier alpha value is -8.07. The summed E-state index contributed by atoms with van der Waals surface area (Å²) in [6.07, 6.45) is 3.20. The number of anilines is 5. The second-order valence-corrected chi connectivity index (χ2v) is 16.6. The number of nitrogens with one attached hydrogen (secondary N) is 3. The molecule has 8 rings (SSSR count). The summed E-state index contributed by atoms with van der Waals surface area (Å²) in [5.74, 6) is -2.15. The molecule has 5 heterocycles. The van der Waals surface area contributed by atoms with E-state index >= 15 is 0 Å². The molecule has 5 aromatic rings. The molecule has 3 aromatic carbocycles. The number of likely N-dealkylation sites (N-methyl/N-ethyl adjacent to an activating group) is 1. The van der Waals surface area contributed by atoms with Crippen LogP contribution in [0.1, 0.15) is 54.3 Å². The van der Waals surface area contributed by atoms with Crippen LogP contribution < -0.4 is 25.6 Å². The van der Waals surface area contributed by atoms with Crippen LogP contribution in [-0.2, 0) is 19.2 Å². The molecule has 1 unspecified atom stereocenters. The van der Waals surface area contributed by atoms with Crippen LogP contribution >= 0.6 is 0 Å². The molecule has 18 nitrogen and oxygen atoms in total. The van der Waals surface area contributed by atoms with E-state index in [1.54, 1.807) is 53.4 Å². The van der Waals surface area contributed by atoms with E-state index in [1.165, 1.54) is 19.4 Å². The Balaban J connectivity index is 0.858. The van der Waals surface area contributed by atoms with Crippen LogP contribution in [0, 0.1) is 16.7 Å². The number of fused-ring (bicyclic) bond motifs is 2. The molecule has 3 aliphatic rings. The van der Waals surface area contributed by atoms with Gasteiger partial charge in [-0.15, -0.1) is 0 Å². The fourth-order valence-electron chi connectivity index (χ4n) is 7.74. The molecule has 2 fully saturated rings. The summed E-state index contributed by atoms with van der Waals surface area (Å²) in [6.45, 7) is 7.67. The lowest BCUT2D eigenvalue weighted by molar-refractivity contribution is -0.149. The zero-order valence-electron chi connectivity index (χ0n) is 35.5. The van der Waals surface area contributed by atoms with Gasteiger partial charge in [0.2, 0.25) is 23.3 Å². The monoisotopic (exact) mass is 864 g/mol. The van der Waals surface area contributed by atoms with E-state index in [0.29, 0.717) is 60.1 Å². The van der Waals surface area contributed by atoms with Crippen molar-refractivity contribution >= 4 is 75.2 Å². The van der Waals surface area contributed by atoms with Crippen LogP contribution in [0.15, 0.2) is 95.1 Å². The van der Waals surface area contributed by atoms with Crippen LogP contribution in [0.2, 0.25) is 0 Å². The number of hydrogen-bond acceptors (Lipinski definition) is 14. The standard InChI is InChI=1S/C46H44N10O8/c1-46(2,3)24-27(25-47)40(59)49-29-7-5-8-31(23-29)64-41-39-34(17-22-63-39)51-45(52-41)50-28-11-13-30(14-12-28)54-18-20-55(21-19-54)37(58)26-48-33-10-6-9-32-38(33)44(62)56(42(32)60)35-15-16-36(57)53(4)43(35)61/h5-14,17,22-24,35,48H,15-16,18-21,26H2,1-4H3,(H,49,59)(H,50,51,52)/b27-24+. The number of amides is 6. The van der Waals surface area contributed by atoms with Crippen molar-refractivity contribution in [1.82, 2.24) is 24.7 Å². The molecule has 0 bridgehead atoms. The smallest absolute Gasteiger partial charge is 0.268 e. The van der Waals surface area contributed by atoms with Crippen LogP contribution in [0.5, 0.6) is 11.6 Å². The number of hydrogen-bond donors (Lipinski definition) is 3. The summed E-state index contributed by atoms with van der Waals surface area (Å²) in [5, 5.41) is 18.6. The summed E-state index contributed by atoms with van der Waals surface area (Å²) in [7, 11) is 1.34. The predicted molar refractivity (Wildman–Crippen MR) is 235 cm³/mol. The number of carbonyl (C=O) groups is 6. The number of allylic oxidation sites excluding steroid dienone is 1. The SMILES string of the molecule is CN1C(=O)CCC(N2C(=O)c3cccc(NCC(=O)N4CCN(c5ccc(Nc6nc(Oc7cccc(NC(=O)/C(C#N)=C/C(C)(C)C)c7)c7occc7n6)cc5)CC4)c3C2=O)C1=O. The predicted octanol–water partition coefficient (Wildman–Crippen LogP) is 5.70. The van der Waals surface area contributed by atoms with Crippen molar-refractivity contribution < 1.29 is 37.9 Å². The molecular weight excluding hydrogens is 821 g/mol. The van der Waals surface area contributed by atoms with Crippen molar-refractivity contribution in [2.24, 2.45) is 5.41 Å². The third-order valence-corrected chi connectivity index (χ3v) is 11.0. The molecule has 3 aliphatic heterocycles. The third kappa shape index (κ3) is 8.81. The molecule has 0 radical (unpaired) electrons. The molecule has 326 valence electrons. The molecule has 0 spiro atoms. The maximum Gasteiger partial charge on any atom is 0.268 e. The largest absolute Gasteiger partial charge is 0.457 e. The van der Waals surface area contributed by atoms with Crippen molar-refractivity contribution in [3.63, 3.8) is 0 Å². The van der Waals surface area contributed by atoms with Gasteiger partial charge >= 0.3 is 0 Å². The Kier molecular flexibility index (Phi) is 11.6. The first kappa shape index (κ1) is 42.6. The van der Waals surface area contributed by atoms with E-state index in [-0.39, 0.29) is 65.1 Å². The number of piperidine rings is 1. The lowest BCUT2D eigenvalue weighted by atomic mass is 9.93. The van der Waals surface area contributed by atoms with Crippen molar-refractivity contribution in [3.05, 3.63) is 102 Å². The van der Waals surface area contributed by atoms with Gasteiger partial charge in [-0.3, -0.25) is 38.6 Å². The minimum Gasteiger partial charge on any atom is -0.457 e. The molecule has 6 amide bonds. The molecule has 2 saturated heterocycles. The first-order chi connectivity index (χ1) is 30.7.